The number of carbonyl (C=O) groups is 2. The van der Waals surface area contributed by atoms with Gasteiger partial charge in [0.05, 0.1) is 5.41 Å². The topological polar surface area (TPSA) is 52.6 Å². The largest absolute Gasteiger partial charge is 0.423 e. The third-order valence-electron chi connectivity index (χ3n) is 6.61. The molecule has 4 aromatic carbocycles. The first-order valence-electron chi connectivity index (χ1n) is 12.1. The van der Waals surface area contributed by atoms with E-state index in [-0.39, 0.29) is 0 Å². The van der Waals surface area contributed by atoms with Gasteiger partial charge in [-0.2, -0.15) is 0 Å². The van der Waals surface area contributed by atoms with Gasteiger partial charge in [-0.1, -0.05) is 85.5 Å². The van der Waals surface area contributed by atoms with E-state index >= 15 is 0 Å². The van der Waals surface area contributed by atoms with Crippen LogP contribution in [-0.2, 0) is 15.0 Å². The van der Waals surface area contributed by atoms with Crippen LogP contribution in [0.1, 0.15) is 36.1 Å². The molecule has 0 heterocycles. The minimum Gasteiger partial charge on any atom is -0.423 e. The van der Waals surface area contributed by atoms with Gasteiger partial charge in [-0.15, -0.1) is 0 Å². The second-order valence-electron chi connectivity index (χ2n) is 8.98. The van der Waals surface area contributed by atoms with Crippen molar-refractivity contribution in [2.24, 2.45) is 0 Å². The lowest BCUT2D eigenvalue weighted by molar-refractivity contribution is -0.130. The van der Waals surface area contributed by atoms with Crippen molar-refractivity contribution in [3.05, 3.63) is 144 Å². The molecule has 4 nitrogen and oxygen atoms in total. The van der Waals surface area contributed by atoms with Gasteiger partial charge in [-0.25, -0.2) is 9.59 Å². The third kappa shape index (κ3) is 4.17. The van der Waals surface area contributed by atoms with Crippen LogP contribution in [0.5, 0.6) is 11.5 Å². The van der Waals surface area contributed by atoms with Crippen LogP contribution in [0.25, 0.3) is 11.1 Å². The van der Waals surface area contributed by atoms with Crippen LogP contribution in [0.15, 0.2) is 121 Å². The Kier molecular flexibility index (Phi) is 6.33. The molecule has 0 N–H and O–H groups in total. The highest BCUT2D eigenvalue weighted by molar-refractivity contribution is 5.89. The molecule has 0 saturated carbocycles. The lowest BCUT2D eigenvalue weighted by atomic mass is 9.68. The Bertz CT molecular complexity index is 1480. The number of hydrogen-bond acceptors (Lipinski definition) is 4. The molecular weight excluding hydrogens is 460 g/mol. The Morgan fingerprint density at radius 1 is 0.703 bits per heavy atom. The smallest absolute Gasteiger partial charge is 0.338 e. The van der Waals surface area contributed by atoms with Gasteiger partial charge in [-0.05, 0) is 71.5 Å². The van der Waals surface area contributed by atoms with Crippen LogP contribution < -0.4 is 9.47 Å². The van der Waals surface area contributed by atoms with Crippen LogP contribution in [0, 0.1) is 0 Å². The van der Waals surface area contributed by atoms with Crippen molar-refractivity contribution in [3.8, 4) is 22.6 Å². The summed E-state index contributed by atoms with van der Waals surface area (Å²) in [6.07, 6.45) is 3.04. The fraction of sp³-hybridized carbons (Fsp3) is 0.0909. The average Bonchev–Trinajstić information content (AvgIpc) is 3.21. The molecule has 4 heteroatoms. The van der Waals surface area contributed by atoms with E-state index in [0.717, 1.165) is 22.3 Å². The molecule has 0 radical (unpaired) electrons. The zero-order valence-corrected chi connectivity index (χ0v) is 20.7. The van der Waals surface area contributed by atoms with E-state index in [4.69, 9.17) is 9.47 Å². The summed E-state index contributed by atoms with van der Waals surface area (Å²) >= 11 is 0. The van der Waals surface area contributed by atoms with Gasteiger partial charge in [0.15, 0.2) is 0 Å². The summed E-state index contributed by atoms with van der Waals surface area (Å²) in [6, 6.07) is 32.1. The molecule has 1 aliphatic carbocycles. The molecule has 0 saturated heterocycles. The Morgan fingerprint density at radius 3 is 1.62 bits per heavy atom. The number of ether oxygens (including phenoxy) is 2. The van der Waals surface area contributed by atoms with E-state index in [1.165, 1.54) is 17.2 Å². The van der Waals surface area contributed by atoms with Crippen molar-refractivity contribution in [3.63, 3.8) is 0 Å². The van der Waals surface area contributed by atoms with Crippen molar-refractivity contribution in [1.29, 1.82) is 0 Å². The van der Waals surface area contributed by atoms with Crippen molar-refractivity contribution >= 4 is 11.9 Å². The highest BCUT2D eigenvalue weighted by atomic mass is 16.5. The van der Waals surface area contributed by atoms with E-state index in [1.807, 2.05) is 48.5 Å². The third-order valence-corrected chi connectivity index (χ3v) is 6.61. The lowest BCUT2D eigenvalue weighted by Crippen LogP contribution is -2.28. The summed E-state index contributed by atoms with van der Waals surface area (Å²) in [4.78, 5) is 24.0. The highest BCUT2D eigenvalue weighted by Gasteiger charge is 2.45. The van der Waals surface area contributed by atoms with E-state index < -0.39 is 17.4 Å². The normalized spacial score (nSPS) is 13.0. The van der Waals surface area contributed by atoms with Crippen LogP contribution in [0.3, 0.4) is 0 Å². The van der Waals surface area contributed by atoms with Crippen LogP contribution in [0.2, 0.25) is 0 Å². The fourth-order valence-corrected chi connectivity index (χ4v) is 5.05. The quantitative estimate of drug-likeness (QED) is 0.147. The van der Waals surface area contributed by atoms with Crippen molar-refractivity contribution < 1.29 is 19.1 Å². The van der Waals surface area contributed by atoms with Crippen LogP contribution >= 0.6 is 0 Å². The maximum absolute atomic E-state index is 12.1. The molecule has 5 rings (SSSR count). The predicted octanol–water partition coefficient (Wildman–Crippen LogP) is 7.01. The molecule has 0 amide bonds. The van der Waals surface area contributed by atoms with E-state index in [2.05, 4.69) is 55.1 Å². The zero-order valence-electron chi connectivity index (χ0n) is 20.7. The van der Waals surface area contributed by atoms with Gasteiger partial charge in [-0.3, -0.25) is 0 Å². The number of hydrogen-bond donors (Lipinski definition) is 0. The molecule has 0 unspecified atom stereocenters. The van der Waals surface area contributed by atoms with Crippen LogP contribution in [-0.4, -0.2) is 11.9 Å². The first-order chi connectivity index (χ1) is 17.9. The Morgan fingerprint density at radius 2 is 1.16 bits per heavy atom. The summed E-state index contributed by atoms with van der Waals surface area (Å²) in [7, 11) is 0. The maximum atomic E-state index is 12.1. The van der Waals surface area contributed by atoms with Gasteiger partial charge >= 0.3 is 11.9 Å². The molecule has 0 atom stereocenters. The van der Waals surface area contributed by atoms with Gasteiger partial charge in [0.25, 0.3) is 0 Å². The van der Waals surface area contributed by atoms with E-state index in [9.17, 15) is 9.59 Å². The summed E-state index contributed by atoms with van der Waals surface area (Å²) < 4.78 is 10.9. The highest BCUT2D eigenvalue weighted by Crippen LogP contribution is 2.56. The second kappa shape index (κ2) is 9.75. The van der Waals surface area contributed by atoms with Gasteiger partial charge in [0, 0.05) is 11.6 Å². The molecule has 0 bridgehead atoms. The molecule has 1 aliphatic rings. The second-order valence-corrected chi connectivity index (χ2v) is 8.98. The Labute approximate surface area is 216 Å². The molecule has 182 valence electrons. The average molecular weight is 487 g/mol. The minimum atomic E-state index is -0.615. The van der Waals surface area contributed by atoms with E-state index in [0.29, 0.717) is 17.1 Å². The van der Waals surface area contributed by atoms with Crippen molar-refractivity contribution in [2.45, 2.75) is 19.3 Å². The molecular formula is C33H26O4. The predicted molar refractivity (Wildman–Crippen MR) is 145 cm³/mol. The number of allylic oxidation sites excluding steroid dienone is 1. The summed E-state index contributed by atoms with van der Waals surface area (Å²) in [5, 5.41) is 0. The molecule has 0 fully saturated rings. The summed E-state index contributed by atoms with van der Waals surface area (Å²) in [5.41, 5.74) is 6.42. The monoisotopic (exact) mass is 486 g/mol. The SMILES string of the molecule is C=C(C)C(=O)Oc1ccc(C2(c3ccc(OC(=O)C=CC)cc3)c3ccccc3-c3ccccc32)cc1. The van der Waals surface area contributed by atoms with E-state index in [1.54, 1.807) is 19.9 Å². The molecule has 0 aromatic heterocycles. The fourth-order valence-electron chi connectivity index (χ4n) is 5.05. The molecule has 4 aromatic rings. The standard InChI is InChI=1S/C33H26O4/c1-4-9-31(34)36-25-18-14-23(15-19-25)33(24-16-20-26(21-17-24)37-32(35)22(2)3)29-12-7-5-10-27(29)28-11-6-8-13-30(28)33/h4-21H,2H2,1,3H3. The lowest BCUT2D eigenvalue weighted by Gasteiger charge is -2.34. The Hall–Kier alpha value is -4.70. The molecule has 0 aliphatic heterocycles. The number of esters is 2. The molecule has 0 spiro atoms. The summed E-state index contributed by atoms with van der Waals surface area (Å²) in [5.74, 6) is 0.0600. The first kappa shape index (κ1) is 24.0. The van der Waals surface area contributed by atoms with Gasteiger partial charge < -0.3 is 9.47 Å². The number of benzene rings is 4. The summed E-state index contributed by atoms with van der Waals surface area (Å²) in [6.45, 7) is 7.05. The Balaban J connectivity index is 1.68. The molecule has 37 heavy (non-hydrogen) atoms. The minimum absolute atomic E-state index is 0.342. The number of fused-ring (bicyclic) bond motifs is 3. The first-order valence-corrected chi connectivity index (χ1v) is 12.1. The van der Waals surface area contributed by atoms with Crippen molar-refractivity contribution in [2.75, 3.05) is 0 Å². The maximum Gasteiger partial charge on any atom is 0.338 e. The van der Waals surface area contributed by atoms with Crippen LogP contribution in [0.4, 0.5) is 0 Å². The zero-order chi connectivity index (χ0) is 26.0. The number of rotatable bonds is 6. The van der Waals surface area contributed by atoms with Gasteiger partial charge in [0.2, 0.25) is 0 Å². The van der Waals surface area contributed by atoms with Gasteiger partial charge in [0.1, 0.15) is 11.5 Å². The van der Waals surface area contributed by atoms with Crippen molar-refractivity contribution in [1.82, 2.24) is 0 Å². The number of carbonyl (C=O) groups excluding carboxylic acids is 2.